The Kier molecular flexibility index (Phi) is 4.97. The third-order valence-electron chi connectivity index (χ3n) is 3.60. The van der Waals surface area contributed by atoms with Gasteiger partial charge in [-0.05, 0) is 18.2 Å². The first-order valence-electron chi connectivity index (χ1n) is 7.33. The molecular formula is C16H11Cl2N3O5. The molecule has 1 aliphatic rings. The zero-order valence-electron chi connectivity index (χ0n) is 13.1. The predicted molar refractivity (Wildman–Crippen MR) is 96.0 cm³/mol. The van der Waals surface area contributed by atoms with Crippen molar-refractivity contribution in [2.24, 2.45) is 0 Å². The maximum atomic E-state index is 12.3. The van der Waals surface area contributed by atoms with Crippen LogP contribution in [0.2, 0.25) is 10.0 Å². The second kappa shape index (κ2) is 7.19. The van der Waals surface area contributed by atoms with Crippen LogP contribution in [0, 0.1) is 10.1 Å². The summed E-state index contributed by atoms with van der Waals surface area (Å²) >= 11 is 12.0. The highest BCUT2D eigenvalue weighted by Gasteiger charge is 2.27. The van der Waals surface area contributed by atoms with Gasteiger partial charge in [-0.15, -0.1) is 0 Å². The van der Waals surface area contributed by atoms with Gasteiger partial charge < -0.3 is 15.0 Å². The van der Waals surface area contributed by atoms with Crippen LogP contribution in [0.4, 0.5) is 17.1 Å². The molecule has 1 heterocycles. The van der Waals surface area contributed by atoms with Crippen molar-refractivity contribution >= 4 is 52.1 Å². The van der Waals surface area contributed by atoms with Gasteiger partial charge in [-0.1, -0.05) is 29.3 Å². The molecule has 26 heavy (non-hydrogen) atoms. The number of fused-ring (bicyclic) bond motifs is 1. The second-order valence-electron chi connectivity index (χ2n) is 5.38. The van der Waals surface area contributed by atoms with Crippen LogP contribution in [0.25, 0.3) is 0 Å². The minimum atomic E-state index is -0.624. The standard InChI is InChI=1S/C16H11Cl2N3O5/c17-10-2-1-3-11(18)16(10)19-14(22)7-20-8-15(23)26-13-6-9(21(24)25)4-5-12(13)20/h1-6H,7-8H2,(H,19,22). The quantitative estimate of drug-likeness (QED) is 0.368. The summed E-state index contributed by atoms with van der Waals surface area (Å²) in [4.78, 5) is 35.8. The van der Waals surface area contributed by atoms with Crippen molar-refractivity contribution < 1.29 is 19.2 Å². The first-order chi connectivity index (χ1) is 12.3. The summed E-state index contributed by atoms with van der Waals surface area (Å²) < 4.78 is 5.03. The van der Waals surface area contributed by atoms with E-state index in [0.29, 0.717) is 5.69 Å². The number of carbonyl (C=O) groups excluding carboxylic acids is 2. The number of rotatable bonds is 4. The molecule has 10 heteroatoms. The molecule has 3 rings (SSSR count). The van der Waals surface area contributed by atoms with E-state index < -0.39 is 16.8 Å². The molecule has 0 aliphatic carbocycles. The zero-order chi connectivity index (χ0) is 18.8. The van der Waals surface area contributed by atoms with Gasteiger partial charge in [0.15, 0.2) is 5.75 Å². The zero-order valence-corrected chi connectivity index (χ0v) is 14.6. The van der Waals surface area contributed by atoms with E-state index in [2.05, 4.69) is 5.32 Å². The lowest BCUT2D eigenvalue weighted by molar-refractivity contribution is -0.384. The number of anilines is 2. The summed E-state index contributed by atoms with van der Waals surface area (Å²) in [6.45, 7) is -0.365. The second-order valence-corrected chi connectivity index (χ2v) is 6.20. The van der Waals surface area contributed by atoms with Crippen molar-refractivity contribution in [1.29, 1.82) is 0 Å². The lowest BCUT2D eigenvalue weighted by Gasteiger charge is -2.29. The first kappa shape index (κ1) is 18.0. The molecule has 0 radical (unpaired) electrons. The van der Waals surface area contributed by atoms with E-state index in [1.165, 1.54) is 17.0 Å². The topological polar surface area (TPSA) is 102 Å². The summed E-state index contributed by atoms with van der Waals surface area (Å²) in [5, 5.41) is 14.0. The van der Waals surface area contributed by atoms with Crippen molar-refractivity contribution in [3.63, 3.8) is 0 Å². The Hall–Kier alpha value is -2.84. The van der Waals surface area contributed by atoms with Gasteiger partial charge in [-0.2, -0.15) is 0 Å². The number of nitro groups is 1. The molecule has 8 nitrogen and oxygen atoms in total. The normalized spacial score (nSPS) is 13.0. The van der Waals surface area contributed by atoms with Crippen LogP contribution in [0.15, 0.2) is 36.4 Å². The molecule has 0 bridgehead atoms. The van der Waals surface area contributed by atoms with Crippen LogP contribution in [0.3, 0.4) is 0 Å². The molecule has 0 unspecified atom stereocenters. The SMILES string of the molecule is O=C(CN1CC(=O)Oc2cc([N+](=O)[O-])ccc21)Nc1c(Cl)cccc1Cl. The molecule has 0 spiro atoms. The van der Waals surface area contributed by atoms with Crippen LogP contribution < -0.4 is 15.0 Å². The molecule has 1 aliphatic heterocycles. The summed E-state index contributed by atoms with van der Waals surface area (Å²) in [7, 11) is 0. The molecule has 0 saturated carbocycles. The third kappa shape index (κ3) is 3.71. The van der Waals surface area contributed by atoms with E-state index in [9.17, 15) is 19.7 Å². The van der Waals surface area contributed by atoms with Crippen LogP contribution in [0.1, 0.15) is 0 Å². The average Bonchev–Trinajstić information content (AvgIpc) is 2.57. The number of nitro benzene ring substituents is 1. The number of nitrogens with one attached hydrogen (secondary N) is 1. The lowest BCUT2D eigenvalue weighted by Crippen LogP contribution is -2.41. The average molecular weight is 396 g/mol. The minimum absolute atomic E-state index is 0.0269. The van der Waals surface area contributed by atoms with E-state index in [-0.39, 0.29) is 40.3 Å². The molecule has 0 atom stereocenters. The number of carbonyl (C=O) groups is 2. The van der Waals surface area contributed by atoms with Gasteiger partial charge >= 0.3 is 5.97 Å². The number of amides is 1. The third-order valence-corrected chi connectivity index (χ3v) is 4.23. The number of benzene rings is 2. The number of para-hydroxylation sites is 1. The van der Waals surface area contributed by atoms with Gasteiger partial charge in [-0.25, -0.2) is 4.79 Å². The Labute approximate surface area is 157 Å². The number of esters is 1. The Morgan fingerprint density at radius 1 is 1.27 bits per heavy atom. The molecule has 0 fully saturated rings. The highest BCUT2D eigenvalue weighted by atomic mass is 35.5. The van der Waals surface area contributed by atoms with E-state index in [1.54, 1.807) is 18.2 Å². The summed E-state index contributed by atoms with van der Waals surface area (Å²) in [5.41, 5.74) is 0.450. The van der Waals surface area contributed by atoms with Crippen LogP contribution in [-0.4, -0.2) is 29.9 Å². The molecule has 2 aromatic carbocycles. The van der Waals surface area contributed by atoms with Gasteiger partial charge in [-0.3, -0.25) is 14.9 Å². The van der Waals surface area contributed by atoms with Gasteiger partial charge in [0.1, 0.15) is 6.54 Å². The fourth-order valence-corrected chi connectivity index (χ4v) is 2.96. The van der Waals surface area contributed by atoms with Crippen molar-refractivity contribution in [1.82, 2.24) is 0 Å². The Balaban J connectivity index is 1.81. The smallest absolute Gasteiger partial charge is 0.331 e. The minimum Gasteiger partial charge on any atom is -0.423 e. The molecule has 0 aromatic heterocycles. The Morgan fingerprint density at radius 2 is 1.96 bits per heavy atom. The van der Waals surface area contributed by atoms with Crippen molar-refractivity contribution in [3.05, 3.63) is 56.6 Å². The fourth-order valence-electron chi connectivity index (χ4n) is 2.47. The van der Waals surface area contributed by atoms with E-state index in [4.69, 9.17) is 27.9 Å². The Bertz CT molecular complexity index is 899. The molecular weight excluding hydrogens is 385 g/mol. The lowest BCUT2D eigenvalue weighted by atomic mass is 10.2. The Morgan fingerprint density at radius 3 is 2.62 bits per heavy atom. The van der Waals surface area contributed by atoms with E-state index in [1.807, 2.05) is 0 Å². The van der Waals surface area contributed by atoms with Gasteiger partial charge in [0.25, 0.3) is 5.69 Å². The van der Waals surface area contributed by atoms with Crippen molar-refractivity contribution in [2.75, 3.05) is 23.3 Å². The van der Waals surface area contributed by atoms with Crippen LogP contribution >= 0.6 is 23.2 Å². The first-order valence-corrected chi connectivity index (χ1v) is 8.08. The molecule has 0 saturated heterocycles. The van der Waals surface area contributed by atoms with Crippen LogP contribution in [0.5, 0.6) is 5.75 Å². The van der Waals surface area contributed by atoms with Crippen molar-refractivity contribution in [2.45, 2.75) is 0 Å². The monoisotopic (exact) mass is 395 g/mol. The maximum absolute atomic E-state index is 12.3. The van der Waals surface area contributed by atoms with E-state index in [0.717, 1.165) is 6.07 Å². The number of hydrogen-bond donors (Lipinski definition) is 1. The summed E-state index contributed by atoms with van der Waals surface area (Å²) in [5.74, 6) is -1.06. The molecule has 1 N–H and O–H groups in total. The maximum Gasteiger partial charge on any atom is 0.331 e. The highest BCUT2D eigenvalue weighted by Crippen LogP contribution is 2.35. The highest BCUT2D eigenvalue weighted by molar-refractivity contribution is 6.39. The molecule has 2 aromatic rings. The van der Waals surface area contributed by atoms with Gasteiger partial charge in [0.05, 0.1) is 39.0 Å². The van der Waals surface area contributed by atoms with Gasteiger partial charge in [0, 0.05) is 6.07 Å². The van der Waals surface area contributed by atoms with Crippen molar-refractivity contribution in [3.8, 4) is 5.75 Å². The number of non-ortho nitro benzene ring substituents is 1. The predicted octanol–water partition coefficient (Wildman–Crippen LogP) is 3.27. The van der Waals surface area contributed by atoms with Crippen LogP contribution in [-0.2, 0) is 9.59 Å². The van der Waals surface area contributed by atoms with E-state index >= 15 is 0 Å². The number of hydrogen-bond acceptors (Lipinski definition) is 6. The van der Waals surface area contributed by atoms with Gasteiger partial charge in [0.2, 0.25) is 5.91 Å². The fraction of sp³-hybridized carbons (Fsp3) is 0.125. The summed E-state index contributed by atoms with van der Waals surface area (Å²) in [6.07, 6.45) is 0. The largest absolute Gasteiger partial charge is 0.423 e. The number of halogens is 2. The molecule has 134 valence electrons. The molecule has 1 amide bonds. The summed E-state index contributed by atoms with van der Waals surface area (Å²) in [6, 6.07) is 8.64. The number of ether oxygens (including phenoxy) is 1. The number of nitrogens with zero attached hydrogens (tertiary/aromatic N) is 2.